The van der Waals surface area contributed by atoms with Gasteiger partial charge in [-0.2, -0.15) is 4.98 Å². The van der Waals surface area contributed by atoms with Crippen molar-refractivity contribution in [3.63, 3.8) is 0 Å². The number of hydrogen-bond donors (Lipinski definition) is 2. The molecule has 1 aromatic heterocycles. The maximum Gasteiger partial charge on any atom is 0.348 e. The molecule has 0 unspecified atom stereocenters. The molecule has 0 radical (unpaired) electrons. The monoisotopic (exact) mass is 192 g/mol. The average Bonchev–Trinajstić information content (AvgIpc) is 2.17. The number of phenolic OH excluding ortho intramolecular Hbond substituents is 1. The van der Waals surface area contributed by atoms with Gasteiger partial charge in [-0.25, -0.2) is 4.79 Å². The number of H-pyrrole nitrogens is 1. The lowest BCUT2D eigenvalue weighted by Crippen LogP contribution is -2.11. The van der Waals surface area contributed by atoms with Crippen LogP contribution in [0, 0.1) is 0 Å². The Morgan fingerprint density at radius 1 is 1.50 bits per heavy atom. The first-order chi connectivity index (χ1) is 6.70. The molecule has 0 saturated heterocycles. The lowest BCUT2D eigenvalue weighted by Gasteiger charge is -2.03. The van der Waals surface area contributed by atoms with Crippen LogP contribution in [0.2, 0.25) is 0 Å². The van der Waals surface area contributed by atoms with Gasteiger partial charge in [-0.1, -0.05) is 0 Å². The van der Waals surface area contributed by atoms with Gasteiger partial charge >= 0.3 is 5.69 Å². The highest BCUT2D eigenvalue weighted by molar-refractivity contribution is 5.84. The van der Waals surface area contributed by atoms with Crippen molar-refractivity contribution in [3.05, 3.63) is 28.7 Å². The quantitative estimate of drug-likeness (QED) is 0.695. The SMILES string of the molecule is COc1nc(=O)[nH]c2ccc(O)cc12. The van der Waals surface area contributed by atoms with Crippen molar-refractivity contribution in [3.8, 4) is 11.6 Å². The van der Waals surface area contributed by atoms with Gasteiger partial charge in [0.1, 0.15) is 5.75 Å². The van der Waals surface area contributed by atoms with Crippen LogP contribution in [0.5, 0.6) is 11.6 Å². The van der Waals surface area contributed by atoms with E-state index in [-0.39, 0.29) is 11.6 Å². The summed E-state index contributed by atoms with van der Waals surface area (Å²) < 4.78 is 4.92. The van der Waals surface area contributed by atoms with Crippen LogP contribution < -0.4 is 10.4 Å². The molecule has 0 aliphatic carbocycles. The van der Waals surface area contributed by atoms with Crippen molar-refractivity contribution < 1.29 is 9.84 Å². The standard InChI is InChI=1S/C9H8N2O3/c1-14-8-6-4-5(12)2-3-7(6)10-9(13)11-8/h2-4,12H,1H3,(H,10,11,13). The number of ether oxygens (including phenoxy) is 1. The number of rotatable bonds is 1. The molecule has 0 spiro atoms. The number of aromatic nitrogens is 2. The Balaban J connectivity index is 2.88. The van der Waals surface area contributed by atoms with E-state index < -0.39 is 5.69 Å². The van der Waals surface area contributed by atoms with Crippen LogP contribution in [0.1, 0.15) is 0 Å². The molecule has 0 saturated carbocycles. The zero-order chi connectivity index (χ0) is 10.1. The second kappa shape index (κ2) is 3.02. The maximum absolute atomic E-state index is 11.0. The topological polar surface area (TPSA) is 75.2 Å². The van der Waals surface area contributed by atoms with E-state index in [1.165, 1.54) is 19.2 Å². The van der Waals surface area contributed by atoms with E-state index in [0.717, 1.165) is 0 Å². The van der Waals surface area contributed by atoms with E-state index in [4.69, 9.17) is 4.74 Å². The van der Waals surface area contributed by atoms with Crippen LogP contribution in [0.4, 0.5) is 0 Å². The van der Waals surface area contributed by atoms with Gasteiger partial charge in [0.2, 0.25) is 5.88 Å². The molecular formula is C9H8N2O3. The van der Waals surface area contributed by atoms with Crippen molar-refractivity contribution in [1.82, 2.24) is 9.97 Å². The van der Waals surface area contributed by atoms with E-state index in [2.05, 4.69) is 9.97 Å². The Kier molecular flexibility index (Phi) is 1.85. The fourth-order valence-corrected chi connectivity index (χ4v) is 1.27. The number of nitrogens with one attached hydrogen (secondary N) is 1. The summed E-state index contributed by atoms with van der Waals surface area (Å²) in [5, 5.41) is 9.82. The first-order valence-corrected chi connectivity index (χ1v) is 3.98. The van der Waals surface area contributed by atoms with Crippen molar-refractivity contribution >= 4 is 10.9 Å². The first-order valence-electron chi connectivity index (χ1n) is 3.98. The molecule has 5 nitrogen and oxygen atoms in total. The molecule has 1 aromatic carbocycles. The number of aromatic amines is 1. The van der Waals surface area contributed by atoms with Crippen molar-refractivity contribution in [1.29, 1.82) is 0 Å². The number of phenols is 1. The molecule has 0 amide bonds. The summed E-state index contributed by atoms with van der Waals surface area (Å²) in [6.45, 7) is 0. The Bertz CT molecular complexity index is 533. The fraction of sp³-hybridized carbons (Fsp3) is 0.111. The van der Waals surface area contributed by atoms with Gasteiger partial charge in [0, 0.05) is 0 Å². The third-order valence-corrected chi connectivity index (χ3v) is 1.87. The van der Waals surface area contributed by atoms with Crippen LogP contribution in [0.3, 0.4) is 0 Å². The van der Waals surface area contributed by atoms with Gasteiger partial charge in [0.25, 0.3) is 0 Å². The molecule has 2 rings (SSSR count). The molecule has 0 atom stereocenters. The van der Waals surface area contributed by atoms with Gasteiger partial charge in [-0.3, -0.25) is 0 Å². The van der Waals surface area contributed by atoms with Gasteiger partial charge < -0.3 is 14.8 Å². The summed E-state index contributed by atoms with van der Waals surface area (Å²) in [5.41, 5.74) is 0.111. The zero-order valence-corrected chi connectivity index (χ0v) is 7.44. The average molecular weight is 192 g/mol. The van der Waals surface area contributed by atoms with Crippen LogP contribution in [-0.4, -0.2) is 22.2 Å². The van der Waals surface area contributed by atoms with E-state index >= 15 is 0 Å². The lowest BCUT2D eigenvalue weighted by atomic mass is 10.2. The molecule has 0 aliphatic rings. The summed E-state index contributed by atoms with van der Waals surface area (Å²) in [4.78, 5) is 17.2. The van der Waals surface area contributed by atoms with E-state index in [1.807, 2.05) is 0 Å². The molecule has 2 N–H and O–H groups in total. The second-order valence-electron chi connectivity index (χ2n) is 2.78. The minimum atomic E-state index is -0.472. The summed E-state index contributed by atoms with van der Waals surface area (Å²) in [7, 11) is 1.42. The molecule has 1 heterocycles. The first kappa shape index (κ1) is 8.55. The molecule has 0 fully saturated rings. The van der Waals surface area contributed by atoms with E-state index in [9.17, 15) is 9.90 Å². The Labute approximate surface area is 79.0 Å². The molecular weight excluding hydrogens is 184 g/mol. The van der Waals surface area contributed by atoms with Gasteiger partial charge in [-0.05, 0) is 18.2 Å². The number of nitrogens with zero attached hydrogens (tertiary/aromatic N) is 1. The predicted octanol–water partition coefficient (Wildman–Crippen LogP) is 0.637. The minimum absolute atomic E-state index is 0.102. The molecule has 0 bridgehead atoms. The summed E-state index contributed by atoms with van der Waals surface area (Å²) in [6, 6.07) is 4.56. The Morgan fingerprint density at radius 2 is 2.29 bits per heavy atom. The molecule has 2 aromatic rings. The third-order valence-electron chi connectivity index (χ3n) is 1.87. The van der Waals surface area contributed by atoms with Gasteiger partial charge in [0.05, 0.1) is 18.0 Å². The van der Waals surface area contributed by atoms with Crippen LogP contribution >= 0.6 is 0 Å². The Morgan fingerprint density at radius 3 is 3.00 bits per heavy atom. The van der Waals surface area contributed by atoms with E-state index in [0.29, 0.717) is 10.9 Å². The number of fused-ring (bicyclic) bond motifs is 1. The highest BCUT2D eigenvalue weighted by Crippen LogP contribution is 2.23. The fourth-order valence-electron chi connectivity index (χ4n) is 1.27. The minimum Gasteiger partial charge on any atom is -0.508 e. The predicted molar refractivity (Wildman–Crippen MR) is 50.6 cm³/mol. The lowest BCUT2D eigenvalue weighted by molar-refractivity contribution is 0.400. The molecule has 5 heteroatoms. The Hall–Kier alpha value is -2.04. The van der Waals surface area contributed by atoms with Crippen LogP contribution in [0.15, 0.2) is 23.0 Å². The number of aromatic hydroxyl groups is 1. The van der Waals surface area contributed by atoms with Crippen LogP contribution in [-0.2, 0) is 0 Å². The summed E-state index contributed by atoms with van der Waals surface area (Å²) >= 11 is 0. The highest BCUT2D eigenvalue weighted by Gasteiger charge is 2.05. The van der Waals surface area contributed by atoms with Crippen molar-refractivity contribution in [2.75, 3.05) is 7.11 Å². The smallest absolute Gasteiger partial charge is 0.348 e. The summed E-state index contributed by atoms with van der Waals surface area (Å²) in [5.74, 6) is 0.310. The summed E-state index contributed by atoms with van der Waals surface area (Å²) in [6.07, 6.45) is 0. The number of hydrogen-bond acceptors (Lipinski definition) is 4. The normalized spacial score (nSPS) is 10.4. The van der Waals surface area contributed by atoms with Crippen molar-refractivity contribution in [2.24, 2.45) is 0 Å². The molecule has 0 aliphatic heterocycles. The van der Waals surface area contributed by atoms with Gasteiger partial charge in [0.15, 0.2) is 0 Å². The second-order valence-corrected chi connectivity index (χ2v) is 2.78. The van der Waals surface area contributed by atoms with Gasteiger partial charge in [-0.15, -0.1) is 0 Å². The van der Waals surface area contributed by atoms with E-state index in [1.54, 1.807) is 6.07 Å². The maximum atomic E-state index is 11.0. The number of methoxy groups -OCH3 is 1. The molecule has 14 heavy (non-hydrogen) atoms. The zero-order valence-electron chi connectivity index (χ0n) is 7.44. The highest BCUT2D eigenvalue weighted by atomic mass is 16.5. The third kappa shape index (κ3) is 1.28. The molecule has 72 valence electrons. The number of benzene rings is 1. The van der Waals surface area contributed by atoms with Crippen LogP contribution in [0.25, 0.3) is 10.9 Å². The largest absolute Gasteiger partial charge is 0.508 e. The van der Waals surface area contributed by atoms with Crippen molar-refractivity contribution in [2.45, 2.75) is 0 Å².